The van der Waals surface area contributed by atoms with E-state index < -0.39 is 10.9 Å². The number of anilines is 1. The topological polar surface area (TPSA) is 91.9 Å². The number of benzene rings is 1. The maximum atomic E-state index is 12.2. The van der Waals surface area contributed by atoms with Crippen LogP contribution in [0.4, 0.5) is 5.69 Å². The van der Waals surface area contributed by atoms with Crippen LogP contribution in [0.15, 0.2) is 40.2 Å². The minimum Gasteiger partial charge on any atom is -0.325 e. The van der Waals surface area contributed by atoms with Gasteiger partial charge in [-0.15, -0.1) is 0 Å². The number of hydrogen-bond acceptors (Lipinski definition) is 5. The Morgan fingerprint density at radius 2 is 1.91 bits per heavy atom. The summed E-state index contributed by atoms with van der Waals surface area (Å²) in [5.74, 6) is -0.431. The Balaban J connectivity index is 2.20. The van der Waals surface area contributed by atoms with Gasteiger partial charge in [0.25, 0.3) is 0 Å². The summed E-state index contributed by atoms with van der Waals surface area (Å²) in [4.78, 5) is 41.9. The highest BCUT2D eigenvalue weighted by Gasteiger charge is 2.21. The molecule has 0 saturated carbocycles. The average Bonchev–Trinajstić information content (AvgIpc) is 2.46. The summed E-state index contributed by atoms with van der Waals surface area (Å²) in [6.45, 7) is 4.74. The van der Waals surface area contributed by atoms with Gasteiger partial charge >= 0.3 is 5.69 Å². The third-order valence-electron chi connectivity index (χ3n) is 3.14. The highest BCUT2D eigenvalue weighted by Crippen LogP contribution is 2.26. The number of H-pyrrole nitrogens is 1. The van der Waals surface area contributed by atoms with Gasteiger partial charge in [-0.25, -0.2) is 4.79 Å². The second-order valence-corrected chi connectivity index (χ2v) is 6.35. The van der Waals surface area contributed by atoms with E-state index in [1.54, 1.807) is 26.0 Å². The van der Waals surface area contributed by atoms with E-state index in [1.165, 1.54) is 6.92 Å². The molecule has 23 heavy (non-hydrogen) atoms. The molecule has 0 aliphatic carbocycles. The van der Waals surface area contributed by atoms with Crippen LogP contribution in [-0.4, -0.2) is 26.9 Å². The first-order valence-electron chi connectivity index (χ1n) is 7.03. The Morgan fingerprint density at radius 1 is 1.26 bits per heavy atom. The molecular weight excluding hydrogens is 314 g/mol. The van der Waals surface area contributed by atoms with Gasteiger partial charge in [0.05, 0.1) is 10.8 Å². The van der Waals surface area contributed by atoms with Crippen LogP contribution in [0.3, 0.4) is 0 Å². The first-order chi connectivity index (χ1) is 10.9. The number of para-hydroxylation sites is 1. The lowest BCUT2D eigenvalue weighted by Crippen LogP contribution is -2.24. The minimum atomic E-state index is -0.536. The summed E-state index contributed by atoms with van der Waals surface area (Å²) in [7, 11) is 0. The molecule has 0 spiro atoms. The zero-order valence-electron chi connectivity index (χ0n) is 13.0. The Labute approximate surface area is 137 Å². The van der Waals surface area contributed by atoms with Crippen molar-refractivity contribution in [3.8, 4) is 0 Å². The molecule has 7 heteroatoms. The van der Waals surface area contributed by atoms with E-state index in [2.05, 4.69) is 15.3 Å². The second kappa shape index (κ2) is 7.23. The molecule has 2 aromatic rings. The van der Waals surface area contributed by atoms with Gasteiger partial charge in [-0.3, -0.25) is 9.59 Å². The molecule has 0 bridgehead atoms. The first-order valence-corrected chi connectivity index (χ1v) is 7.91. The van der Waals surface area contributed by atoms with Gasteiger partial charge in [0.1, 0.15) is 5.03 Å². The van der Waals surface area contributed by atoms with Crippen molar-refractivity contribution in [3.05, 3.63) is 52.1 Å². The van der Waals surface area contributed by atoms with Crippen molar-refractivity contribution in [1.29, 1.82) is 0 Å². The Morgan fingerprint density at radius 3 is 2.52 bits per heavy atom. The molecule has 0 aliphatic heterocycles. The van der Waals surface area contributed by atoms with E-state index >= 15 is 0 Å². The molecule has 2 rings (SSSR count). The third-order valence-corrected chi connectivity index (χ3v) is 4.22. The van der Waals surface area contributed by atoms with Gasteiger partial charge in [0.15, 0.2) is 5.78 Å². The standard InChI is InChI=1S/C16H17N3O3S/c1-9-13(10(2)20)15(19-16(22)17-9)23-11(3)14(21)18-12-7-5-4-6-8-12/h4-8,11H,1-3H3,(H,18,21)(H,17,19,22). The van der Waals surface area contributed by atoms with Crippen LogP contribution < -0.4 is 11.0 Å². The SMILES string of the molecule is CC(=O)c1c(SC(C)C(=O)Nc2ccccc2)nc(=O)[nH]c1C. The number of ketones is 1. The lowest BCUT2D eigenvalue weighted by atomic mass is 10.2. The van der Waals surface area contributed by atoms with Gasteiger partial charge in [0.2, 0.25) is 5.91 Å². The van der Waals surface area contributed by atoms with Crippen molar-refractivity contribution in [3.63, 3.8) is 0 Å². The summed E-state index contributed by atoms with van der Waals surface area (Å²) < 4.78 is 0. The zero-order valence-corrected chi connectivity index (χ0v) is 13.9. The molecule has 120 valence electrons. The highest BCUT2D eigenvalue weighted by atomic mass is 32.2. The van der Waals surface area contributed by atoms with Crippen molar-refractivity contribution >= 4 is 29.1 Å². The number of amides is 1. The average molecular weight is 331 g/mol. The van der Waals surface area contributed by atoms with E-state index in [-0.39, 0.29) is 16.7 Å². The van der Waals surface area contributed by atoms with E-state index in [4.69, 9.17) is 0 Å². The van der Waals surface area contributed by atoms with Crippen LogP contribution in [0.1, 0.15) is 29.9 Å². The number of carbonyl (C=O) groups excluding carboxylic acids is 2. The summed E-state index contributed by atoms with van der Waals surface area (Å²) in [6, 6.07) is 9.07. The predicted octanol–water partition coefficient (Wildman–Crippen LogP) is 2.40. The summed E-state index contributed by atoms with van der Waals surface area (Å²) in [6.07, 6.45) is 0. The van der Waals surface area contributed by atoms with E-state index in [0.717, 1.165) is 11.8 Å². The summed E-state index contributed by atoms with van der Waals surface area (Å²) >= 11 is 1.09. The zero-order chi connectivity index (χ0) is 17.0. The molecule has 2 N–H and O–H groups in total. The minimum absolute atomic E-state index is 0.204. The van der Waals surface area contributed by atoms with Gasteiger partial charge in [-0.2, -0.15) is 4.98 Å². The number of nitrogens with zero attached hydrogens (tertiary/aromatic N) is 1. The number of Topliss-reactive ketones (excluding diaryl/α,β-unsaturated/α-hetero) is 1. The molecule has 1 unspecified atom stereocenters. The van der Waals surface area contributed by atoms with Crippen molar-refractivity contribution in [1.82, 2.24) is 9.97 Å². The van der Waals surface area contributed by atoms with E-state index in [1.807, 2.05) is 18.2 Å². The largest absolute Gasteiger partial charge is 0.346 e. The number of nitrogens with one attached hydrogen (secondary N) is 2. The van der Waals surface area contributed by atoms with E-state index in [0.29, 0.717) is 16.9 Å². The van der Waals surface area contributed by atoms with Crippen molar-refractivity contribution < 1.29 is 9.59 Å². The normalized spacial score (nSPS) is 11.8. The van der Waals surface area contributed by atoms with Crippen LogP contribution in [0.25, 0.3) is 0 Å². The van der Waals surface area contributed by atoms with Gasteiger partial charge in [-0.05, 0) is 32.9 Å². The number of carbonyl (C=O) groups is 2. The monoisotopic (exact) mass is 331 g/mol. The van der Waals surface area contributed by atoms with Crippen LogP contribution in [0.2, 0.25) is 0 Å². The fraction of sp³-hybridized carbons (Fsp3) is 0.250. The van der Waals surface area contributed by atoms with Crippen molar-refractivity contribution in [2.75, 3.05) is 5.32 Å². The quantitative estimate of drug-likeness (QED) is 0.499. The smallest absolute Gasteiger partial charge is 0.325 e. The van der Waals surface area contributed by atoms with Crippen LogP contribution in [0.5, 0.6) is 0 Å². The molecule has 0 saturated heterocycles. The molecular formula is C16H17N3O3S. The number of thioether (sulfide) groups is 1. The number of hydrogen-bond donors (Lipinski definition) is 2. The van der Waals surface area contributed by atoms with Crippen molar-refractivity contribution in [2.24, 2.45) is 0 Å². The molecule has 0 radical (unpaired) electrons. The molecule has 0 aliphatic rings. The molecule has 1 amide bonds. The Kier molecular flexibility index (Phi) is 5.33. The number of aromatic nitrogens is 2. The third kappa shape index (κ3) is 4.29. The Bertz CT molecular complexity index is 787. The number of rotatable bonds is 5. The van der Waals surface area contributed by atoms with E-state index in [9.17, 15) is 14.4 Å². The second-order valence-electron chi connectivity index (χ2n) is 5.02. The highest BCUT2D eigenvalue weighted by molar-refractivity contribution is 8.00. The molecule has 1 atom stereocenters. The fourth-order valence-electron chi connectivity index (χ4n) is 2.05. The Hall–Kier alpha value is -2.41. The fourth-order valence-corrected chi connectivity index (χ4v) is 3.10. The van der Waals surface area contributed by atoms with Gasteiger partial charge in [0, 0.05) is 11.4 Å². The molecule has 1 aromatic heterocycles. The predicted molar refractivity (Wildman–Crippen MR) is 90.0 cm³/mol. The lowest BCUT2D eigenvalue weighted by Gasteiger charge is -2.13. The summed E-state index contributed by atoms with van der Waals surface area (Å²) in [5, 5.41) is 2.54. The molecule has 6 nitrogen and oxygen atoms in total. The number of aryl methyl sites for hydroxylation is 1. The van der Waals surface area contributed by atoms with Crippen molar-refractivity contribution in [2.45, 2.75) is 31.0 Å². The first kappa shape index (κ1) is 17.0. The van der Waals surface area contributed by atoms with Crippen LogP contribution in [0, 0.1) is 6.92 Å². The lowest BCUT2D eigenvalue weighted by molar-refractivity contribution is -0.115. The molecule has 1 aromatic carbocycles. The maximum Gasteiger partial charge on any atom is 0.346 e. The van der Waals surface area contributed by atoms with Crippen LogP contribution >= 0.6 is 11.8 Å². The molecule has 1 heterocycles. The van der Waals surface area contributed by atoms with Gasteiger partial charge < -0.3 is 10.3 Å². The van der Waals surface area contributed by atoms with Gasteiger partial charge in [-0.1, -0.05) is 30.0 Å². The maximum absolute atomic E-state index is 12.2. The molecule has 0 fully saturated rings. The summed E-state index contributed by atoms with van der Waals surface area (Å²) in [5.41, 5.74) is 0.946. The van der Waals surface area contributed by atoms with Crippen LogP contribution in [-0.2, 0) is 4.79 Å². The number of aromatic amines is 1.